The number of methoxy groups -OCH3 is 1. The van der Waals surface area contributed by atoms with E-state index < -0.39 is 33.5 Å². The van der Waals surface area contributed by atoms with Gasteiger partial charge in [-0.3, -0.25) is 9.00 Å². The second-order valence-electron chi connectivity index (χ2n) is 10.6. The molecule has 218 valence electrons. The zero-order valence-corrected chi connectivity index (χ0v) is 24.5. The lowest BCUT2D eigenvalue weighted by Crippen LogP contribution is -2.54. The van der Waals surface area contributed by atoms with Crippen molar-refractivity contribution in [3.05, 3.63) is 53.3 Å². The fourth-order valence-corrected chi connectivity index (χ4v) is 7.26. The maximum atomic E-state index is 14.1. The molecule has 1 saturated heterocycles. The van der Waals surface area contributed by atoms with E-state index in [1.807, 2.05) is 0 Å². The predicted molar refractivity (Wildman–Crippen MR) is 149 cm³/mol. The normalized spacial score (nSPS) is 19.1. The van der Waals surface area contributed by atoms with Gasteiger partial charge in [-0.05, 0) is 76.5 Å². The zero-order chi connectivity index (χ0) is 29.1. The van der Waals surface area contributed by atoms with Gasteiger partial charge in [-0.1, -0.05) is 6.08 Å². The summed E-state index contributed by atoms with van der Waals surface area (Å²) in [6, 6.07) is 5.27. The molecule has 7 nitrogen and oxygen atoms in total. The molecule has 4 rings (SSSR count). The van der Waals surface area contributed by atoms with Gasteiger partial charge in [-0.2, -0.15) is 0 Å². The molecule has 0 radical (unpaired) electrons. The third kappa shape index (κ3) is 7.39. The quantitative estimate of drug-likeness (QED) is 0.346. The molecule has 1 unspecified atom stereocenters. The number of thiazole rings is 1. The van der Waals surface area contributed by atoms with Crippen molar-refractivity contribution >= 4 is 43.9 Å². The van der Waals surface area contributed by atoms with Crippen molar-refractivity contribution < 1.29 is 36.4 Å². The molecule has 2 heterocycles. The van der Waals surface area contributed by atoms with Gasteiger partial charge in [0.05, 0.1) is 27.6 Å². The average Bonchev–Trinajstić information content (AvgIpc) is 3.17. The highest BCUT2D eigenvalue weighted by molar-refractivity contribution is 7.87. The Bertz CT molecular complexity index is 1350. The summed E-state index contributed by atoms with van der Waals surface area (Å²) in [5.41, 5.74) is 0.604. The number of hydrogen-bond donors (Lipinski definition) is 0. The summed E-state index contributed by atoms with van der Waals surface area (Å²) in [5.74, 6) is -0.744. The molecule has 0 saturated carbocycles. The molecule has 1 fully saturated rings. The number of carbonyl (C=O) groups is 1. The first kappa shape index (κ1) is 30.4. The Balaban J connectivity index is 1.59. The van der Waals surface area contributed by atoms with Crippen LogP contribution in [0.25, 0.3) is 15.8 Å². The maximum Gasteiger partial charge on any atom is 0.573 e. The predicted octanol–water partition coefficient (Wildman–Crippen LogP) is 5.99. The topological polar surface area (TPSA) is 78.0 Å². The van der Waals surface area contributed by atoms with Crippen molar-refractivity contribution in [2.75, 3.05) is 33.4 Å². The Morgan fingerprint density at radius 1 is 1.15 bits per heavy atom. The summed E-state index contributed by atoms with van der Waals surface area (Å²) in [5, 5.41) is 0.615. The van der Waals surface area contributed by atoms with Crippen LogP contribution in [0.4, 0.5) is 13.2 Å². The van der Waals surface area contributed by atoms with Crippen LogP contribution in [-0.2, 0) is 29.8 Å². The van der Waals surface area contributed by atoms with E-state index in [9.17, 15) is 22.2 Å². The molecule has 1 aliphatic heterocycles. The third-order valence-electron chi connectivity index (χ3n) is 6.54. The number of esters is 1. The standard InChI is InChI=1S/C28H33F3N2O5S2/c1-26(2,3)38-25(34)27(12-14-33(15-13-27)16-17-36-4)40(35)21-10-11-22-23(18-21)39-24(32-22)19-6-5-7-20(9-8-19)37-28(29,30)31/h6-11,18H,5,12-17H2,1-4H3. The van der Waals surface area contributed by atoms with Crippen LogP contribution in [0.3, 0.4) is 0 Å². The molecule has 1 atom stereocenters. The van der Waals surface area contributed by atoms with Crippen molar-refractivity contribution in [1.82, 2.24) is 9.88 Å². The Hall–Kier alpha value is -2.54. The fraction of sp³-hybridized carbons (Fsp3) is 0.500. The zero-order valence-electron chi connectivity index (χ0n) is 22.9. The largest absolute Gasteiger partial charge is 0.573 e. The van der Waals surface area contributed by atoms with Crippen LogP contribution in [0.5, 0.6) is 0 Å². The minimum atomic E-state index is -4.76. The van der Waals surface area contributed by atoms with Crippen LogP contribution in [0.1, 0.15) is 45.0 Å². The Kier molecular flexibility index (Phi) is 9.23. The Morgan fingerprint density at radius 3 is 2.52 bits per heavy atom. The SMILES string of the molecule is COCCN1CCC(C(=O)OC(C)(C)C)(S(=O)c2ccc3nc(C4=CCC=C(OC(F)(F)F)C=C4)sc3c2)CC1. The van der Waals surface area contributed by atoms with E-state index in [-0.39, 0.29) is 12.2 Å². The number of rotatable bonds is 8. The first-order valence-electron chi connectivity index (χ1n) is 12.9. The highest BCUT2D eigenvalue weighted by Crippen LogP contribution is 2.38. The van der Waals surface area contributed by atoms with Crippen molar-refractivity contribution in [2.45, 2.75) is 61.6 Å². The highest BCUT2D eigenvalue weighted by atomic mass is 32.2. The average molecular weight is 599 g/mol. The number of likely N-dealkylation sites (tertiary alicyclic amines) is 1. The molecule has 0 bridgehead atoms. The maximum absolute atomic E-state index is 14.1. The van der Waals surface area contributed by atoms with E-state index in [2.05, 4.69) is 14.6 Å². The molecule has 12 heteroatoms. The molecule has 0 amide bonds. The fourth-order valence-electron chi connectivity index (χ4n) is 4.54. The lowest BCUT2D eigenvalue weighted by Gasteiger charge is -2.40. The number of hydrogen-bond acceptors (Lipinski definition) is 8. The first-order chi connectivity index (χ1) is 18.8. The molecule has 2 aliphatic rings. The van der Waals surface area contributed by atoms with Gasteiger partial charge in [0.2, 0.25) is 0 Å². The van der Waals surface area contributed by atoms with E-state index >= 15 is 0 Å². The summed E-state index contributed by atoms with van der Waals surface area (Å²) < 4.78 is 66.5. The monoisotopic (exact) mass is 598 g/mol. The van der Waals surface area contributed by atoms with E-state index in [0.717, 1.165) is 11.2 Å². The first-order valence-corrected chi connectivity index (χ1v) is 14.9. The molecule has 40 heavy (non-hydrogen) atoms. The van der Waals surface area contributed by atoms with Crippen molar-refractivity contribution in [2.24, 2.45) is 0 Å². The summed E-state index contributed by atoms with van der Waals surface area (Å²) in [6.45, 7) is 7.88. The van der Waals surface area contributed by atoms with Gasteiger partial charge >= 0.3 is 12.3 Å². The van der Waals surface area contributed by atoms with Crippen molar-refractivity contribution in [3.8, 4) is 0 Å². The second kappa shape index (κ2) is 12.1. The summed E-state index contributed by atoms with van der Waals surface area (Å²) in [6.07, 6.45) is 2.18. The lowest BCUT2D eigenvalue weighted by molar-refractivity contribution is -0.303. The van der Waals surface area contributed by atoms with E-state index in [1.54, 1.807) is 52.2 Å². The van der Waals surface area contributed by atoms with Crippen LogP contribution >= 0.6 is 11.3 Å². The van der Waals surface area contributed by atoms with Gasteiger partial charge in [0.1, 0.15) is 21.1 Å². The van der Waals surface area contributed by atoms with Gasteiger partial charge in [-0.15, -0.1) is 24.5 Å². The minimum absolute atomic E-state index is 0.249. The number of halogens is 3. The molecule has 1 aliphatic carbocycles. The number of nitrogens with zero attached hydrogens (tertiary/aromatic N) is 2. The highest BCUT2D eigenvalue weighted by Gasteiger charge is 2.49. The molecule has 0 spiro atoms. The van der Waals surface area contributed by atoms with Gasteiger partial charge < -0.3 is 19.1 Å². The summed E-state index contributed by atoms with van der Waals surface area (Å²) >= 11 is 1.34. The number of allylic oxidation sites excluding steroid dienone is 5. The molecule has 2 aromatic rings. The Labute approximate surface area is 238 Å². The van der Waals surface area contributed by atoms with Crippen molar-refractivity contribution in [3.63, 3.8) is 0 Å². The van der Waals surface area contributed by atoms with Crippen LogP contribution in [-0.4, -0.2) is 70.1 Å². The molecule has 1 aromatic carbocycles. The number of fused-ring (bicyclic) bond motifs is 1. The second-order valence-corrected chi connectivity index (χ2v) is 13.5. The molecular weight excluding hydrogens is 565 g/mol. The summed E-state index contributed by atoms with van der Waals surface area (Å²) in [4.78, 5) is 20.9. The number of alkyl halides is 3. The van der Waals surface area contributed by atoms with Crippen LogP contribution in [0.2, 0.25) is 0 Å². The smallest absolute Gasteiger partial charge is 0.459 e. The van der Waals surface area contributed by atoms with Gasteiger partial charge in [0, 0.05) is 37.2 Å². The van der Waals surface area contributed by atoms with Crippen LogP contribution in [0, 0.1) is 0 Å². The van der Waals surface area contributed by atoms with E-state index in [4.69, 9.17) is 9.47 Å². The van der Waals surface area contributed by atoms with Gasteiger partial charge in [0.15, 0.2) is 0 Å². The van der Waals surface area contributed by atoms with Crippen LogP contribution < -0.4 is 0 Å². The van der Waals surface area contributed by atoms with Crippen molar-refractivity contribution in [1.29, 1.82) is 0 Å². The molecule has 0 N–H and O–H groups in total. The Morgan fingerprint density at radius 2 is 1.88 bits per heavy atom. The van der Waals surface area contributed by atoms with E-state index in [1.165, 1.54) is 29.6 Å². The number of piperidine rings is 1. The van der Waals surface area contributed by atoms with E-state index in [0.29, 0.717) is 53.5 Å². The van der Waals surface area contributed by atoms with Crippen LogP contribution in [0.15, 0.2) is 53.2 Å². The number of carbonyl (C=O) groups excluding carboxylic acids is 1. The van der Waals surface area contributed by atoms with Gasteiger partial charge in [0.25, 0.3) is 0 Å². The molecule has 1 aromatic heterocycles. The minimum Gasteiger partial charge on any atom is -0.459 e. The lowest BCUT2D eigenvalue weighted by atomic mass is 9.95. The third-order valence-corrected chi connectivity index (χ3v) is 9.57. The number of ether oxygens (including phenoxy) is 3. The summed E-state index contributed by atoms with van der Waals surface area (Å²) in [7, 11) is -0.0534. The number of benzene rings is 1. The molecular formula is C28H33F3N2O5S2. The number of aromatic nitrogens is 1. The van der Waals surface area contributed by atoms with Gasteiger partial charge in [-0.25, -0.2) is 4.98 Å².